The monoisotopic (exact) mass is 417 g/mol. The molecule has 1 saturated heterocycles. The first-order valence-electron chi connectivity index (χ1n) is 10.1. The summed E-state index contributed by atoms with van der Waals surface area (Å²) in [5.41, 5.74) is 2.08. The van der Waals surface area contributed by atoms with E-state index in [9.17, 15) is 14.7 Å². The predicted octanol–water partition coefficient (Wildman–Crippen LogP) is 4.61. The van der Waals surface area contributed by atoms with E-state index in [4.69, 9.17) is 9.15 Å². The zero-order valence-corrected chi connectivity index (χ0v) is 17.4. The van der Waals surface area contributed by atoms with Crippen LogP contribution in [-0.2, 0) is 16.1 Å². The minimum atomic E-state index is -0.724. The van der Waals surface area contributed by atoms with E-state index in [1.807, 2.05) is 44.2 Å². The molecule has 6 heteroatoms. The normalized spacial score (nSPS) is 17.9. The fourth-order valence-electron chi connectivity index (χ4n) is 3.87. The number of aryl methyl sites for hydroxylation is 1. The quantitative estimate of drug-likeness (QED) is 0.360. The smallest absolute Gasteiger partial charge is 0.296 e. The molecule has 1 aliphatic heterocycles. The predicted molar refractivity (Wildman–Crippen MR) is 115 cm³/mol. The third kappa shape index (κ3) is 3.84. The maximum atomic E-state index is 13.0. The van der Waals surface area contributed by atoms with Crippen LogP contribution in [0.25, 0.3) is 5.76 Å². The van der Waals surface area contributed by atoms with Crippen LogP contribution < -0.4 is 4.74 Å². The van der Waals surface area contributed by atoms with Gasteiger partial charge in [-0.15, -0.1) is 0 Å². The van der Waals surface area contributed by atoms with Crippen LogP contribution in [0.15, 0.2) is 76.9 Å². The maximum Gasteiger partial charge on any atom is 0.296 e. The highest BCUT2D eigenvalue weighted by Gasteiger charge is 2.46. The lowest BCUT2D eigenvalue weighted by atomic mass is 9.95. The molecule has 3 aromatic rings. The highest BCUT2D eigenvalue weighted by Crippen LogP contribution is 2.40. The molecule has 1 aliphatic rings. The standard InChI is InChI=1S/C25H23NO5/c1-3-30-20-12-11-18(14-16(20)2)23(27)21-22(17-8-5-4-6-9-17)26(25(29)24(21)28)15-19-10-7-13-31-19/h4-14,22,27H,3,15H2,1-2H3/b23-21-. The third-order valence-electron chi connectivity index (χ3n) is 5.31. The largest absolute Gasteiger partial charge is 0.507 e. The van der Waals surface area contributed by atoms with E-state index in [0.717, 1.165) is 11.1 Å². The first kappa shape index (κ1) is 20.5. The molecule has 31 heavy (non-hydrogen) atoms. The second-order valence-corrected chi connectivity index (χ2v) is 7.33. The van der Waals surface area contributed by atoms with Crippen molar-refractivity contribution in [1.29, 1.82) is 0 Å². The SMILES string of the molecule is CCOc1ccc(/C(O)=C2/C(=O)C(=O)N(Cc3ccco3)C2c2ccccc2)cc1C. The van der Waals surface area contributed by atoms with Gasteiger partial charge in [-0.05, 0) is 55.3 Å². The minimum Gasteiger partial charge on any atom is -0.507 e. The first-order chi connectivity index (χ1) is 15.0. The number of aliphatic hydroxyl groups excluding tert-OH is 1. The molecular formula is C25H23NO5. The van der Waals surface area contributed by atoms with Gasteiger partial charge >= 0.3 is 0 Å². The molecule has 1 aromatic heterocycles. The molecule has 1 amide bonds. The Hall–Kier alpha value is -3.80. The van der Waals surface area contributed by atoms with Crippen LogP contribution in [-0.4, -0.2) is 28.3 Å². The van der Waals surface area contributed by atoms with E-state index < -0.39 is 17.7 Å². The number of benzene rings is 2. The molecule has 1 atom stereocenters. The van der Waals surface area contributed by atoms with E-state index in [2.05, 4.69) is 0 Å². The zero-order chi connectivity index (χ0) is 22.0. The summed E-state index contributed by atoms with van der Waals surface area (Å²) in [5.74, 6) is -0.337. The summed E-state index contributed by atoms with van der Waals surface area (Å²) in [4.78, 5) is 27.4. The van der Waals surface area contributed by atoms with E-state index in [1.54, 1.807) is 30.3 Å². The highest BCUT2D eigenvalue weighted by molar-refractivity contribution is 6.46. The molecule has 0 saturated carbocycles. The van der Waals surface area contributed by atoms with E-state index in [-0.39, 0.29) is 17.9 Å². The number of amides is 1. The number of aliphatic hydroxyl groups is 1. The van der Waals surface area contributed by atoms with Crippen LogP contribution >= 0.6 is 0 Å². The van der Waals surface area contributed by atoms with Crippen molar-refractivity contribution in [3.63, 3.8) is 0 Å². The number of Topliss-reactive ketones (excluding diaryl/α,β-unsaturated/α-hetero) is 1. The van der Waals surface area contributed by atoms with Gasteiger partial charge in [-0.2, -0.15) is 0 Å². The fourth-order valence-corrected chi connectivity index (χ4v) is 3.87. The molecule has 0 aliphatic carbocycles. The van der Waals surface area contributed by atoms with Crippen molar-refractivity contribution in [2.24, 2.45) is 0 Å². The van der Waals surface area contributed by atoms with Crippen LogP contribution in [0, 0.1) is 6.92 Å². The summed E-state index contributed by atoms with van der Waals surface area (Å²) in [6.45, 7) is 4.41. The van der Waals surface area contributed by atoms with Gasteiger partial charge in [0.15, 0.2) is 0 Å². The van der Waals surface area contributed by atoms with Gasteiger partial charge in [0.05, 0.1) is 31.0 Å². The third-order valence-corrected chi connectivity index (χ3v) is 5.31. The molecule has 4 rings (SSSR count). The second kappa shape index (κ2) is 8.52. The van der Waals surface area contributed by atoms with Crippen molar-refractivity contribution in [2.75, 3.05) is 6.61 Å². The summed E-state index contributed by atoms with van der Waals surface area (Å²) in [6, 6.07) is 17.2. The second-order valence-electron chi connectivity index (χ2n) is 7.33. The van der Waals surface area contributed by atoms with Crippen LogP contribution in [0.2, 0.25) is 0 Å². The Morgan fingerprint density at radius 1 is 1.10 bits per heavy atom. The minimum absolute atomic E-state index is 0.0614. The molecule has 158 valence electrons. The fraction of sp³-hybridized carbons (Fsp3) is 0.200. The number of hydrogen-bond donors (Lipinski definition) is 1. The van der Waals surface area contributed by atoms with Gasteiger partial charge in [-0.25, -0.2) is 0 Å². The molecule has 0 spiro atoms. The maximum absolute atomic E-state index is 13.0. The molecule has 2 aromatic carbocycles. The van der Waals surface area contributed by atoms with Crippen LogP contribution in [0.4, 0.5) is 0 Å². The van der Waals surface area contributed by atoms with Crippen LogP contribution in [0.5, 0.6) is 5.75 Å². The number of hydrogen-bond acceptors (Lipinski definition) is 5. The van der Waals surface area contributed by atoms with Crippen molar-refractivity contribution in [3.05, 3.63) is 95.0 Å². The van der Waals surface area contributed by atoms with Crippen LogP contribution in [0.1, 0.15) is 35.4 Å². The first-order valence-corrected chi connectivity index (χ1v) is 10.1. The zero-order valence-electron chi connectivity index (χ0n) is 17.4. The lowest BCUT2D eigenvalue weighted by molar-refractivity contribution is -0.140. The summed E-state index contributed by atoms with van der Waals surface area (Å²) in [7, 11) is 0. The lowest BCUT2D eigenvalue weighted by Crippen LogP contribution is -2.29. The van der Waals surface area contributed by atoms with Gasteiger partial charge in [0, 0.05) is 5.56 Å². The average molecular weight is 417 g/mol. The Morgan fingerprint density at radius 3 is 2.52 bits per heavy atom. The Bertz CT molecular complexity index is 1130. The summed E-state index contributed by atoms with van der Waals surface area (Å²) >= 11 is 0. The van der Waals surface area contributed by atoms with E-state index in [0.29, 0.717) is 23.7 Å². The van der Waals surface area contributed by atoms with Gasteiger partial charge in [-0.1, -0.05) is 30.3 Å². The van der Waals surface area contributed by atoms with Gasteiger partial charge in [-0.3, -0.25) is 9.59 Å². The van der Waals surface area contributed by atoms with Crippen LogP contribution in [0.3, 0.4) is 0 Å². The van der Waals surface area contributed by atoms with Crippen molar-refractivity contribution >= 4 is 17.4 Å². The number of ether oxygens (including phenoxy) is 1. The molecule has 0 radical (unpaired) electrons. The molecule has 1 N–H and O–H groups in total. The molecule has 0 bridgehead atoms. The number of carbonyl (C=O) groups is 2. The van der Waals surface area contributed by atoms with Gasteiger partial charge in [0.1, 0.15) is 17.3 Å². The Morgan fingerprint density at radius 2 is 1.87 bits per heavy atom. The Kier molecular flexibility index (Phi) is 5.62. The van der Waals surface area contributed by atoms with Crippen molar-refractivity contribution in [3.8, 4) is 5.75 Å². The molecule has 1 fully saturated rings. The topological polar surface area (TPSA) is 80.0 Å². The summed E-state index contributed by atoms with van der Waals surface area (Å²) in [5, 5.41) is 11.1. The Labute approximate surface area is 180 Å². The summed E-state index contributed by atoms with van der Waals surface area (Å²) in [6.07, 6.45) is 1.52. The number of ketones is 1. The van der Waals surface area contributed by atoms with Gasteiger partial charge < -0.3 is 19.2 Å². The van der Waals surface area contributed by atoms with Crippen molar-refractivity contribution < 1.29 is 23.8 Å². The van der Waals surface area contributed by atoms with Gasteiger partial charge in [0.25, 0.3) is 11.7 Å². The molecule has 1 unspecified atom stereocenters. The van der Waals surface area contributed by atoms with Crippen molar-refractivity contribution in [1.82, 2.24) is 4.90 Å². The number of carbonyl (C=O) groups excluding carboxylic acids is 2. The summed E-state index contributed by atoms with van der Waals surface area (Å²) < 4.78 is 11.0. The molecule has 6 nitrogen and oxygen atoms in total. The van der Waals surface area contributed by atoms with E-state index in [1.165, 1.54) is 11.2 Å². The highest BCUT2D eigenvalue weighted by atomic mass is 16.5. The number of nitrogens with zero attached hydrogens (tertiary/aromatic N) is 1. The molecule has 2 heterocycles. The number of rotatable bonds is 6. The van der Waals surface area contributed by atoms with Crippen molar-refractivity contribution in [2.45, 2.75) is 26.4 Å². The molecular weight excluding hydrogens is 394 g/mol. The number of likely N-dealkylation sites (tertiary alicyclic amines) is 1. The van der Waals surface area contributed by atoms with Gasteiger partial charge in [0.2, 0.25) is 0 Å². The number of furan rings is 1. The lowest BCUT2D eigenvalue weighted by Gasteiger charge is -2.24. The Balaban J connectivity index is 1.83. The average Bonchev–Trinajstić information content (AvgIpc) is 3.38. The van der Waals surface area contributed by atoms with E-state index >= 15 is 0 Å².